The number of halogens is 1. The molecule has 1 aromatic carbocycles. The molecule has 0 unspecified atom stereocenters. The molecule has 4 N–H and O–H groups in total. The molecule has 1 aliphatic rings. The van der Waals surface area contributed by atoms with E-state index in [9.17, 15) is 10.1 Å². The molecule has 2 heterocycles. The van der Waals surface area contributed by atoms with Crippen LogP contribution in [-0.2, 0) is 4.74 Å². The van der Waals surface area contributed by atoms with Crippen LogP contribution in [0.2, 0.25) is 5.02 Å². The topological polar surface area (TPSA) is 128 Å². The van der Waals surface area contributed by atoms with E-state index in [0.717, 1.165) is 19.4 Å². The fourth-order valence-corrected chi connectivity index (χ4v) is 2.62. The molecule has 25 heavy (non-hydrogen) atoms. The van der Waals surface area contributed by atoms with Gasteiger partial charge in [0.2, 0.25) is 17.6 Å². The van der Waals surface area contributed by atoms with Crippen molar-refractivity contribution in [2.45, 2.75) is 18.9 Å². The van der Waals surface area contributed by atoms with Crippen LogP contribution in [0.3, 0.4) is 0 Å². The predicted molar refractivity (Wildman–Crippen MR) is 95.3 cm³/mol. The number of anilines is 4. The van der Waals surface area contributed by atoms with Crippen molar-refractivity contribution in [2.24, 2.45) is 0 Å². The molecular formula is C15H17ClN6O3. The van der Waals surface area contributed by atoms with Gasteiger partial charge in [-0.05, 0) is 37.1 Å². The highest BCUT2D eigenvalue weighted by atomic mass is 35.5. The third-order valence-corrected chi connectivity index (χ3v) is 3.96. The Morgan fingerprint density at radius 1 is 1.36 bits per heavy atom. The van der Waals surface area contributed by atoms with Gasteiger partial charge in [0, 0.05) is 23.9 Å². The summed E-state index contributed by atoms with van der Waals surface area (Å²) < 4.78 is 5.52. The van der Waals surface area contributed by atoms with Crippen LogP contribution in [0.4, 0.5) is 29.0 Å². The number of hydrogen-bond acceptors (Lipinski definition) is 8. The van der Waals surface area contributed by atoms with Crippen LogP contribution >= 0.6 is 11.6 Å². The molecule has 2 aromatic rings. The van der Waals surface area contributed by atoms with Crippen molar-refractivity contribution in [1.29, 1.82) is 0 Å². The van der Waals surface area contributed by atoms with Crippen LogP contribution in [0.5, 0.6) is 0 Å². The molecule has 0 saturated carbocycles. The molecule has 0 aliphatic carbocycles. The first-order chi connectivity index (χ1) is 12.0. The Labute approximate surface area is 148 Å². The lowest BCUT2D eigenvalue weighted by Crippen LogP contribution is -2.20. The van der Waals surface area contributed by atoms with Crippen molar-refractivity contribution >= 4 is 40.6 Å². The minimum atomic E-state index is -0.614. The summed E-state index contributed by atoms with van der Waals surface area (Å²) in [6.45, 7) is 1.25. The fraction of sp³-hybridized carbons (Fsp3) is 0.333. The summed E-state index contributed by atoms with van der Waals surface area (Å²) in [5.74, 6) is -0.00368. The number of rotatable bonds is 6. The van der Waals surface area contributed by atoms with Gasteiger partial charge < -0.3 is 21.1 Å². The molecule has 1 atom stereocenters. The highest BCUT2D eigenvalue weighted by molar-refractivity contribution is 6.30. The van der Waals surface area contributed by atoms with Crippen LogP contribution < -0.4 is 16.4 Å². The van der Waals surface area contributed by atoms with Gasteiger partial charge in [-0.25, -0.2) is 0 Å². The summed E-state index contributed by atoms with van der Waals surface area (Å²) in [5, 5.41) is 17.8. The smallest absolute Gasteiger partial charge is 0.353 e. The number of hydrogen-bond donors (Lipinski definition) is 3. The Hall–Kier alpha value is -2.65. The van der Waals surface area contributed by atoms with Gasteiger partial charge in [-0.15, -0.1) is 0 Å². The summed E-state index contributed by atoms with van der Waals surface area (Å²) in [6, 6.07) is 6.70. The van der Waals surface area contributed by atoms with Crippen molar-refractivity contribution in [3.63, 3.8) is 0 Å². The van der Waals surface area contributed by atoms with Gasteiger partial charge in [-0.1, -0.05) is 11.6 Å². The number of nitrogens with zero attached hydrogens (tertiary/aromatic N) is 3. The molecule has 1 aromatic heterocycles. The summed E-state index contributed by atoms with van der Waals surface area (Å²) in [7, 11) is 0. The summed E-state index contributed by atoms with van der Waals surface area (Å²) in [4.78, 5) is 18.9. The van der Waals surface area contributed by atoms with E-state index < -0.39 is 4.92 Å². The van der Waals surface area contributed by atoms with Crippen LogP contribution in [0.15, 0.2) is 24.3 Å². The van der Waals surface area contributed by atoms with Crippen LogP contribution in [0.25, 0.3) is 0 Å². The molecule has 132 valence electrons. The Morgan fingerprint density at radius 3 is 2.76 bits per heavy atom. The normalized spacial score (nSPS) is 16.6. The summed E-state index contributed by atoms with van der Waals surface area (Å²) in [6.07, 6.45) is 2.04. The number of nitro groups is 1. The zero-order valence-electron chi connectivity index (χ0n) is 13.2. The van der Waals surface area contributed by atoms with Crippen molar-refractivity contribution in [1.82, 2.24) is 9.97 Å². The maximum absolute atomic E-state index is 11.3. The lowest BCUT2D eigenvalue weighted by molar-refractivity contribution is -0.383. The number of benzene rings is 1. The molecule has 1 saturated heterocycles. The van der Waals surface area contributed by atoms with Crippen molar-refractivity contribution in [3.05, 3.63) is 39.4 Å². The van der Waals surface area contributed by atoms with Gasteiger partial charge in [-0.2, -0.15) is 9.97 Å². The second-order valence-electron chi connectivity index (χ2n) is 5.53. The largest absolute Gasteiger partial charge is 0.378 e. The molecular weight excluding hydrogens is 348 g/mol. The van der Waals surface area contributed by atoms with E-state index >= 15 is 0 Å². The zero-order chi connectivity index (χ0) is 17.8. The fourth-order valence-electron chi connectivity index (χ4n) is 2.50. The molecule has 0 amide bonds. The van der Waals surface area contributed by atoms with Gasteiger partial charge in [0.05, 0.1) is 11.0 Å². The monoisotopic (exact) mass is 364 g/mol. The zero-order valence-corrected chi connectivity index (χ0v) is 14.0. The molecule has 10 heteroatoms. The first-order valence-electron chi connectivity index (χ1n) is 7.73. The van der Waals surface area contributed by atoms with Crippen molar-refractivity contribution in [3.8, 4) is 0 Å². The van der Waals surface area contributed by atoms with Gasteiger partial charge >= 0.3 is 5.69 Å². The minimum Gasteiger partial charge on any atom is -0.378 e. The lowest BCUT2D eigenvalue weighted by Gasteiger charge is -2.13. The highest BCUT2D eigenvalue weighted by Crippen LogP contribution is 2.31. The molecule has 0 spiro atoms. The first kappa shape index (κ1) is 17.2. The molecule has 1 fully saturated rings. The van der Waals surface area contributed by atoms with Gasteiger partial charge in [-0.3, -0.25) is 10.1 Å². The minimum absolute atomic E-state index is 0.00895. The molecule has 1 aliphatic heterocycles. The van der Waals surface area contributed by atoms with Crippen molar-refractivity contribution < 1.29 is 9.66 Å². The lowest BCUT2D eigenvalue weighted by atomic mass is 10.2. The molecule has 9 nitrogen and oxygen atoms in total. The quantitative estimate of drug-likeness (QED) is 0.527. The average molecular weight is 365 g/mol. The predicted octanol–water partition coefficient (Wildman–Crippen LogP) is 2.95. The molecule has 0 radical (unpaired) electrons. The molecule has 3 rings (SSSR count). The second kappa shape index (κ2) is 7.49. The van der Waals surface area contributed by atoms with Gasteiger partial charge in [0.15, 0.2) is 0 Å². The van der Waals surface area contributed by atoms with Crippen molar-refractivity contribution in [2.75, 3.05) is 29.5 Å². The maximum atomic E-state index is 11.3. The summed E-state index contributed by atoms with van der Waals surface area (Å²) in [5.41, 5.74) is 5.98. The van der Waals surface area contributed by atoms with E-state index in [0.29, 0.717) is 17.3 Å². The van der Waals surface area contributed by atoms with Gasteiger partial charge in [0.1, 0.15) is 0 Å². The number of nitrogen functional groups attached to an aromatic ring is 1. The van der Waals surface area contributed by atoms with E-state index in [4.69, 9.17) is 22.1 Å². The number of nitrogens with one attached hydrogen (secondary N) is 2. The molecule has 0 bridgehead atoms. The van der Waals surface area contributed by atoms with E-state index in [1.54, 1.807) is 24.3 Å². The Bertz CT molecular complexity index is 765. The summed E-state index contributed by atoms with van der Waals surface area (Å²) >= 11 is 5.85. The van der Waals surface area contributed by atoms with E-state index in [-0.39, 0.29) is 29.4 Å². The average Bonchev–Trinajstić information content (AvgIpc) is 3.08. The maximum Gasteiger partial charge on any atom is 0.353 e. The SMILES string of the molecule is Nc1nc(NC[C@@H]2CCCO2)nc(Nc2ccc(Cl)cc2)c1[N+](=O)[O-]. The highest BCUT2D eigenvalue weighted by Gasteiger charge is 2.24. The number of nitrogens with two attached hydrogens (primary N) is 1. The Kier molecular flexibility index (Phi) is 5.15. The third kappa shape index (κ3) is 4.25. The van der Waals surface area contributed by atoms with Crippen LogP contribution in [0.1, 0.15) is 12.8 Å². The van der Waals surface area contributed by atoms with Crippen LogP contribution in [-0.4, -0.2) is 34.1 Å². The standard InChI is InChI=1S/C15H17ClN6O3/c16-9-3-5-10(6-4-9)19-14-12(22(23)24)13(17)20-15(21-14)18-8-11-2-1-7-25-11/h3-6,11H,1-2,7-8H2,(H4,17,18,19,20,21)/t11-/m0/s1. The van der Waals surface area contributed by atoms with E-state index in [1.165, 1.54) is 0 Å². The Morgan fingerprint density at radius 2 is 2.12 bits per heavy atom. The number of ether oxygens (including phenoxy) is 1. The third-order valence-electron chi connectivity index (χ3n) is 3.71. The Balaban J connectivity index is 1.84. The van der Waals surface area contributed by atoms with Crippen LogP contribution in [0, 0.1) is 10.1 Å². The van der Waals surface area contributed by atoms with Gasteiger partial charge in [0.25, 0.3) is 0 Å². The first-order valence-corrected chi connectivity index (χ1v) is 8.10. The second-order valence-corrected chi connectivity index (χ2v) is 5.97. The van der Waals surface area contributed by atoms with E-state index in [1.807, 2.05) is 0 Å². The number of aromatic nitrogens is 2. The van der Waals surface area contributed by atoms with E-state index in [2.05, 4.69) is 20.6 Å².